The lowest BCUT2D eigenvalue weighted by Crippen LogP contribution is -2.38. The van der Waals surface area contributed by atoms with Gasteiger partial charge in [-0.1, -0.05) is 41.7 Å². The van der Waals surface area contributed by atoms with Crippen LogP contribution in [0.25, 0.3) is 0 Å². The van der Waals surface area contributed by atoms with Gasteiger partial charge >= 0.3 is 0 Å². The fraction of sp³-hybridized carbons (Fsp3) is 0.222. The van der Waals surface area contributed by atoms with Gasteiger partial charge in [-0.15, -0.1) is 0 Å². The summed E-state index contributed by atoms with van der Waals surface area (Å²) in [5, 5.41) is 14.1. The number of nitrogens with one attached hydrogen (secondary N) is 1. The summed E-state index contributed by atoms with van der Waals surface area (Å²) >= 11 is 18.0. The van der Waals surface area contributed by atoms with Gasteiger partial charge in [0.2, 0.25) is 5.91 Å². The number of anilines is 1. The molecular weight excluding hydrogens is 429 g/mol. The summed E-state index contributed by atoms with van der Waals surface area (Å²) in [6.07, 6.45) is 0.599. The van der Waals surface area contributed by atoms with Crippen molar-refractivity contribution in [1.82, 2.24) is 4.90 Å². The zero-order chi connectivity index (χ0) is 20.8. The third-order valence-corrected chi connectivity index (χ3v) is 4.59. The minimum Gasteiger partial charge on any atom is -0.329 e. The van der Waals surface area contributed by atoms with Gasteiger partial charge in [-0.05, 0) is 30.7 Å². The number of non-ortho nitro benzene ring substituents is 1. The molecule has 0 fully saturated rings. The van der Waals surface area contributed by atoms with Gasteiger partial charge in [0.1, 0.15) is 6.54 Å². The molecule has 0 spiro atoms. The number of halogens is 3. The fourth-order valence-corrected chi connectivity index (χ4v) is 3.03. The fourth-order valence-electron chi connectivity index (χ4n) is 2.44. The van der Waals surface area contributed by atoms with E-state index in [0.717, 1.165) is 6.07 Å². The van der Waals surface area contributed by atoms with Crippen molar-refractivity contribution in [3.63, 3.8) is 0 Å². The number of amides is 2. The topological polar surface area (TPSA) is 92.6 Å². The van der Waals surface area contributed by atoms with Crippen LogP contribution in [0.2, 0.25) is 15.1 Å². The van der Waals surface area contributed by atoms with Gasteiger partial charge in [0.05, 0.1) is 26.2 Å². The van der Waals surface area contributed by atoms with E-state index in [0.29, 0.717) is 28.7 Å². The first-order chi connectivity index (χ1) is 13.2. The van der Waals surface area contributed by atoms with Crippen LogP contribution in [0.15, 0.2) is 36.4 Å². The molecule has 0 atom stereocenters. The number of nitrogens with zero attached hydrogens (tertiary/aromatic N) is 2. The van der Waals surface area contributed by atoms with Gasteiger partial charge < -0.3 is 10.2 Å². The normalized spacial score (nSPS) is 10.4. The van der Waals surface area contributed by atoms with Crippen LogP contribution in [-0.4, -0.2) is 34.7 Å². The Hall–Kier alpha value is -2.35. The van der Waals surface area contributed by atoms with Gasteiger partial charge in [0.15, 0.2) is 0 Å². The first-order valence-corrected chi connectivity index (χ1v) is 9.34. The van der Waals surface area contributed by atoms with Gasteiger partial charge in [-0.25, -0.2) is 0 Å². The van der Waals surface area contributed by atoms with Crippen molar-refractivity contribution in [2.45, 2.75) is 13.3 Å². The minimum atomic E-state index is -0.605. The summed E-state index contributed by atoms with van der Waals surface area (Å²) in [4.78, 5) is 36.7. The SMILES string of the molecule is CCCN(CC(=O)Nc1cc(Cl)ccc1Cl)C(=O)c1ccc([N+](=O)[O-])cc1Cl. The predicted molar refractivity (Wildman–Crippen MR) is 109 cm³/mol. The third kappa shape index (κ3) is 5.58. The smallest absolute Gasteiger partial charge is 0.270 e. The van der Waals surface area contributed by atoms with E-state index >= 15 is 0 Å². The van der Waals surface area contributed by atoms with Crippen molar-refractivity contribution in [2.24, 2.45) is 0 Å². The Bertz CT molecular complexity index is 921. The molecule has 7 nitrogen and oxygen atoms in total. The molecule has 0 aliphatic rings. The van der Waals surface area contributed by atoms with Crippen molar-refractivity contribution in [2.75, 3.05) is 18.4 Å². The summed E-state index contributed by atoms with van der Waals surface area (Å²) in [5.41, 5.74) is 0.183. The highest BCUT2D eigenvalue weighted by molar-refractivity contribution is 6.36. The van der Waals surface area contributed by atoms with Crippen LogP contribution in [0.3, 0.4) is 0 Å². The Labute approximate surface area is 176 Å². The van der Waals surface area contributed by atoms with Crippen molar-refractivity contribution in [1.29, 1.82) is 0 Å². The number of nitro groups is 1. The monoisotopic (exact) mass is 443 g/mol. The van der Waals surface area contributed by atoms with Crippen LogP contribution in [0, 0.1) is 10.1 Å². The molecule has 0 bridgehead atoms. The number of rotatable bonds is 7. The predicted octanol–water partition coefficient (Wildman–Crippen LogP) is 5.05. The second-order valence-corrected chi connectivity index (χ2v) is 7.07. The summed E-state index contributed by atoms with van der Waals surface area (Å²) < 4.78 is 0. The molecule has 2 aromatic rings. The van der Waals surface area contributed by atoms with Crippen LogP contribution in [0.1, 0.15) is 23.7 Å². The Kier molecular flexibility index (Phi) is 7.62. The molecule has 2 aromatic carbocycles. The number of benzene rings is 2. The Morgan fingerprint density at radius 3 is 2.43 bits per heavy atom. The molecular formula is C18H16Cl3N3O4. The zero-order valence-electron chi connectivity index (χ0n) is 14.7. The molecule has 0 heterocycles. The standard InChI is InChI=1S/C18H16Cl3N3O4/c1-2-7-23(10-17(25)22-16-8-11(19)3-6-14(16)20)18(26)13-5-4-12(24(27)28)9-15(13)21/h3-6,8-9H,2,7,10H2,1H3,(H,22,25). The number of hydrogen-bond donors (Lipinski definition) is 1. The lowest BCUT2D eigenvalue weighted by molar-refractivity contribution is -0.384. The highest BCUT2D eigenvalue weighted by Gasteiger charge is 2.22. The first-order valence-electron chi connectivity index (χ1n) is 8.21. The Morgan fingerprint density at radius 1 is 1.11 bits per heavy atom. The number of nitro benzene ring substituents is 1. The third-order valence-electron chi connectivity index (χ3n) is 3.71. The molecule has 0 aliphatic heterocycles. The average Bonchev–Trinajstić information content (AvgIpc) is 2.63. The lowest BCUT2D eigenvalue weighted by Gasteiger charge is -2.22. The number of carbonyl (C=O) groups excluding carboxylic acids is 2. The molecule has 0 saturated carbocycles. The maximum absolute atomic E-state index is 12.8. The molecule has 28 heavy (non-hydrogen) atoms. The molecule has 2 amide bonds. The number of carbonyl (C=O) groups is 2. The van der Waals surface area contributed by atoms with Crippen molar-refractivity contribution < 1.29 is 14.5 Å². The van der Waals surface area contributed by atoms with E-state index in [9.17, 15) is 19.7 Å². The molecule has 0 aliphatic carbocycles. The minimum absolute atomic E-state index is 0.0569. The first kappa shape index (κ1) is 21.9. The average molecular weight is 445 g/mol. The largest absolute Gasteiger partial charge is 0.329 e. The Balaban J connectivity index is 2.18. The van der Waals surface area contributed by atoms with E-state index in [4.69, 9.17) is 34.8 Å². The summed E-state index contributed by atoms with van der Waals surface area (Å²) in [6, 6.07) is 8.20. The van der Waals surface area contributed by atoms with E-state index in [1.54, 1.807) is 12.1 Å². The molecule has 1 N–H and O–H groups in total. The maximum atomic E-state index is 12.8. The quantitative estimate of drug-likeness (QED) is 0.478. The zero-order valence-corrected chi connectivity index (χ0v) is 17.0. The summed E-state index contributed by atoms with van der Waals surface area (Å²) in [5.74, 6) is -0.974. The second-order valence-electron chi connectivity index (χ2n) is 5.82. The van der Waals surface area contributed by atoms with Crippen molar-refractivity contribution in [3.05, 3.63) is 67.1 Å². The lowest BCUT2D eigenvalue weighted by atomic mass is 10.1. The highest BCUT2D eigenvalue weighted by Crippen LogP contribution is 2.26. The number of hydrogen-bond acceptors (Lipinski definition) is 4. The van der Waals surface area contributed by atoms with Crippen LogP contribution in [-0.2, 0) is 4.79 Å². The van der Waals surface area contributed by atoms with Gasteiger partial charge in [0.25, 0.3) is 11.6 Å². The molecule has 0 radical (unpaired) electrons. The van der Waals surface area contributed by atoms with Crippen LogP contribution >= 0.6 is 34.8 Å². The van der Waals surface area contributed by atoms with E-state index in [2.05, 4.69) is 5.32 Å². The maximum Gasteiger partial charge on any atom is 0.270 e. The molecule has 0 saturated heterocycles. The summed E-state index contributed by atoms with van der Waals surface area (Å²) in [6.45, 7) is 1.90. The van der Waals surface area contributed by atoms with E-state index in [1.807, 2.05) is 6.92 Å². The van der Waals surface area contributed by atoms with E-state index < -0.39 is 16.7 Å². The van der Waals surface area contributed by atoms with Gasteiger partial charge in [0, 0.05) is 23.7 Å². The molecule has 0 unspecified atom stereocenters. The van der Waals surface area contributed by atoms with Crippen molar-refractivity contribution >= 4 is 58.0 Å². The van der Waals surface area contributed by atoms with Gasteiger partial charge in [-0.3, -0.25) is 19.7 Å². The molecule has 148 valence electrons. The van der Waals surface area contributed by atoms with Crippen LogP contribution < -0.4 is 5.32 Å². The van der Waals surface area contributed by atoms with Crippen molar-refractivity contribution in [3.8, 4) is 0 Å². The molecule has 2 rings (SSSR count). The van der Waals surface area contributed by atoms with Gasteiger partial charge in [-0.2, -0.15) is 0 Å². The van der Waals surface area contributed by atoms with Crippen LogP contribution in [0.4, 0.5) is 11.4 Å². The van der Waals surface area contributed by atoms with E-state index in [-0.39, 0.29) is 22.8 Å². The van der Waals surface area contributed by atoms with E-state index in [1.165, 1.54) is 23.1 Å². The Morgan fingerprint density at radius 2 is 1.82 bits per heavy atom. The second kappa shape index (κ2) is 9.73. The molecule has 10 heteroatoms. The highest BCUT2D eigenvalue weighted by atomic mass is 35.5. The van der Waals surface area contributed by atoms with Crippen LogP contribution in [0.5, 0.6) is 0 Å². The summed E-state index contributed by atoms with van der Waals surface area (Å²) in [7, 11) is 0. The molecule has 0 aromatic heterocycles.